The molecule has 6 rings (SSSR count). The van der Waals surface area contributed by atoms with Crippen molar-refractivity contribution in [2.24, 2.45) is 0 Å². The lowest BCUT2D eigenvalue weighted by Crippen LogP contribution is -2.51. The summed E-state index contributed by atoms with van der Waals surface area (Å²) < 4.78 is 2.53. The first kappa shape index (κ1) is 27.8. The molecule has 2 bridgehead atoms. The highest BCUT2D eigenvalue weighted by Gasteiger charge is 2.44. The van der Waals surface area contributed by atoms with Crippen LogP contribution in [0.1, 0.15) is 62.4 Å². The van der Waals surface area contributed by atoms with E-state index in [1.165, 1.54) is 36.8 Å². The number of piperidine rings is 2. The number of hydrogen-bond acceptors (Lipinski definition) is 3. The van der Waals surface area contributed by atoms with E-state index in [1.807, 2.05) is 9.80 Å². The van der Waals surface area contributed by atoms with Gasteiger partial charge in [0.25, 0.3) is 0 Å². The van der Waals surface area contributed by atoms with Gasteiger partial charge in [-0.05, 0) is 81.5 Å². The Morgan fingerprint density at radius 2 is 1.59 bits per heavy atom. The van der Waals surface area contributed by atoms with Crippen LogP contribution in [-0.2, 0) is 5.41 Å². The molecule has 2 unspecified atom stereocenters. The maximum absolute atomic E-state index is 13.3. The van der Waals surface area contributed by atoms with E-state index in [0.717, 1.165) is 50.2 Å². The topological polar surface area (TPSA) is 44.6 Å². The third-order valence-corrected chi connectivity index (χ3v) is 10.2. The molecule has 3 aliphatic rings. The Morgan fingerprint density at radius 3 is 2.24 bits per heavy atom. The van der Waals surface area contributed by atoms with Gasteiger partial charge in [0, 0.05) is 44.3 Å². The average Bonchev–Trinajstić information content (AvgIpc) is 3.46. The highest BCUT2D eigenvalue weighted by molar-refractivity contribution is 5.76. The van der Waals surface area contributed by atoms with Crippen LogP contribution < -0.4 is 0 Å². The van der Waals surface area contributed by atoms with Crippen LogP contribution in [0.25, 0.3) is 11.0 Å². The number of amides is 2. The summed E-state index contributed by atoms with van der Waals surface area (Å²) in [5.74, 6) is 1.15. The minimum absolute atomic E-state index is 0.104. The third kappa shape index (κ3) is 5.34. The lowest BCUT2D eigenvalue weighted by molar-refractivity contribution is 0.0828. The summed E-state index contributed by atoms with van der Waals surface area (Å²) in [6, 6.07) is 21.6. The van der Waals surface area contributed by atoms with Crippen LogP contribution in [0.4, 0.5) is 4.79 Å². The van der Waals surface area contributed by atoms with Crippen molar-refractivity contribution in [1.29, 1.82) is 0 Å². The second-order valence-corrected chi connectivity index (χ2v) is 12.4. The Morgan fingerprint density at radius 1 is 0.951 bits per heavy atom. The number of rotatable bonds is 9. The minimum Gasteiger partial charge on any atom is -0.325 e. The van der Waals surface area contributed by atoms with Gasteiger partial charge < -0.3 is 14.4 Å². The molecular formula is C35H45N5O. The van der Waals surface area contributed by atoms with E-state index in [1.54, 1.807) is 12.2 Å². The van der Waals surface area contributed by atoms with E-state index in [2.05, 4.69) is 84.1 Å². The van der Waals surface area contributed by atoms with E-state index >= 15 is 0 Å². The maximum Gasteiger partial charge on any atom is 0.320 e. The fourth-order valence-electron chi connectivity index (χ4n) is 8.13. The molecule has 0 saturated carbocycles. The zero-order chi connectivity index (χ0) is 28.4. The molecule has 2 aromatic carbocycles. The number of aromatic nitrogens is 2. The van der Waals surface area contributed by atoms with E-state index in [4.69, 9.17) is 4.98 Å². The molecule has 0 N–H and O–H groups in total. The molecule has 2 amide bonds. The van der Waals surface area contributed by atoms with Crippen molar-refractivity contribution >= 4 is 17.1 Å². The molecule has 6 nitrogen and oxygen atoms in total. The Hall–Kier alpha value is -3.38. The summed E-state index contributed by atoms with van der Waals surface area (Å²) in [5.41, 5.74) is 3.94. The van der Waals surface area contributed by atoms with Gasteiger partial charge in [0.1, 0.15) is 5.82 Å². The maximum atomic E-state index is 13.3. The number of nitrogens with zero attached hydrogens (tertiary/aromatic N) is 5. The van der Waals surface area contributed by atoms with Gasteiger partial charge in [-0.25, -0.2) is 9.78 Å². The minimum atomic E-state index is 0.104. The van der Waals surface area contributed by atoms with Crippen LogP contribution >= 0.6 is 0 Å². The largest absolute Gasteiger partial charge is 0.325 e. The molecule has 6 heteroatoms. The SMILES string of the molecule is C=CCN(CC=C)C(=O)N1CCC(CCN2C3CCC2CC(n2c(C)nc4ccccc42)C3)(c2ccccc2)CC1. The van der Waals surface area contributed by atoms with Gasteiger partial charge in [0.05, 0.1) is 11.0 Å². The van der Waals surface area contributed by atoms with Crippen LogP contribution in [-0.4, -0.2) is 75.1 Å². The van der Waals surface area contributed by atoms with Crippen molar-refractivity contribution in [2.75, 3.05) is 32.7 Å². The number of likely N-dealkylation sites (tertiary alicyclic amines) is 1. The molecule has 4 heterocycles. The molecule has 41 heavy (non-hydrogen) atoms. The number of fused-ring (bicyclic) bond motifs is 3. The number of hydrogen-bond donors (Lipinski definition) is 0. The second kappa shape index (κ2) is 11.8. The Balaban J connectivity index is 1.15. The molecule has 3 aliphatic heterocycles. The Kier molecular flexibility index (Phi) is 8.03. The lowest BCUT2D eigenvalue weighted by atomic mass is 9.70. The Labute approximate surface area is 245 Å². The number of benzene rings is 2. The molecule has 3 fully saturated rings. The number of para-hydroxylation sites is 2. The molecule has 0 spiro atoms. The first-order valence-corrected chi connectivity index (χ1v) is 15.5. The summed E-state index contributed by atoms with van der Waals surface area (Å²) in [4.78, 5) is 24.9. The monoisotopic (exact) mass is 551 g/mol. The smallest absolute Gasteiger partial charge is 0.320 e. The van der Waals surface area contributed by atoms with E-state index < -0.39 is 0 Å². The van der Waals surface area contributed by atoms with Gasteiger partial charge in [0.15, 0.2) is 0 Å². The van der Waals surface area contributed by atoms with Crippen molar-refractivity contribution in [2.45, 2.75) is 75.4 Å². The molecule has 0 aliphatic carbocycles. The Bertz CT molecular complexity index is 1350. The lowest BCUT2D eigenvalue weighted by Gasteiger charge is -2.46. The van der Waals surface area contributed by atoms with Gasteiger partial charge in [-0.3, -0.25) is 4.90 Å². The van der Waals surface area contributed by atoms with Gasteiger partial charge in [-0.15, -0.1) is 13.2 Å². The average molecular weight is 552 g/mol. The summed E-state index contributed by atoms with van der Waals surface area (Å²) in [6.45, 7) is 13.7. The molecular weight excluding hydrogens is 506 g/mol. The molecule has 1 aromatic heterocycles. The van der Waals surface area contributed by atoms with Crippen LogP contribution in [0.15, 0.2) is 79.9 Å². The number of urea groups is 1. The molecule has 216 valence electrons. The van der Waals surface area contributed by atoms with Crippen LogP contribution in [0, 0.1) is 6.92 Å². The predicted molar refractivity (Wildman–Crippen MR) is 167 cm³/mol. The highest BCUT2D eigenvalue weighted by atomic mass is 16.2. The van der Waals surface area contributed by atoms with Gasteiger partial charge in [-0.1, -0.05) is 54.6 Å². The third-order valence-electron chi connectivity index (χ3n) is 10.2. The summed E-state index contributed by atoms with van der Waals surface area (Å²) in [6.07, 6.45) is 11.8. The van der Waals surface area contributed by atoms with Gasteiger partial charge >= 0.3 is 6.03 Å². The predicted octanol–water partition coefficient (Wildman–Crippen LogP) is 6.73. The number of imidazole rings is 1. The fourth-order valence-corrected chi connectivity index (χ4v) is 8.13. The fraction of sp³-hybridized carbons (Fsp3) is 0.486. The van der Waals surface area contributed by atoms with Crippen molar-refractivity contribution in [3.63, 3.8) is 0 Å². The van der Waals surface area contributed by atoms with E-state index in [9.17, 15) is 4.79 Å². The van der Waals surface area contributed by atoms with E-state index in [0.29, 0.717) is 31.2 Å². The number of carbonyl (C=O) groups excluding carboxylic acids is 1. The molecule has 3 saturated heterocycles. The zero-order valence-corrected chi connectivity index (χ0v) is 24.6. The summed E-state index contributed by atoms with van der Waals surface area (Å²) in [5, 5.41) is 0. The van der Waals surface area contributed by atoms with Crippen LogP contribution in [0.2, 0.25) is 0 Å². The number of carbonyl (C=O) groups is 1. The van der Waals surface area contributed by atoms with E-state index in [-0.39, 0.29) is 11.4 Å². The molecule has 2 atom stereocenters. The zero-order valence-electron chi connectivity index (χ0n) is 24.6. The second-order valence-electron chi connectivity index (χ2n) is 12.4. The van der Waals surface area contributed by atoms with Gasteiger partial charge in [0.2, 0.25) is 0 Å². The normalized spacial score (nSPS) is 23.9. The first-order valence-electron chi connectivity index (χ1n) is 15.5. The van der Waals surface area contributed by atoms with Crippen molar-refractivity contribution in [1.82, 2.24) is 24.3 Å². The first-order chi connectivity index (χ1) is 20.0. The van der Waals surface area contributed by atoms with Gasteiger partial charge in [-0.2, -0.15) is 0 Å². The summed E-state index contributed by atoms with van der Waals surface area (Å²) in [7, 11) is 0. The van der Waals surface area contributed by atoms with Crippen molar-refractivity contribution in [3.05, 3.63) is 91.3 Å². The highest BCUT2D eigenvalue weighted by Crippen LogP contribution is 2.45. The standard InChI is InChI=1S/C35H45N5O/c1-4-20-37(21-5-2)34(41)38-22-17-35(18-23-38,28-11-7-6-8-12-28)19-24-39-29-15-16-30(39)26-31(25-29)40-27(3)36-32-13-9-10-14-33(32)40/h4-14,29-31H,1-2,15-26H2,3H3. The molecule has 0 radical (unpaired) electrons. The van der Waals surface area contributed by atoms with Crippen LogP contribution in [0.3, 0.4) is 0 Å². The number of aryl methyl sites for hydroxylation is 1. The summed E-state index contributed by atoms with van der Waals surface area (Å²) >= 11 is 0. The molecule has 3 aromatic rings. The quantitative estimate of drug-likeness (QED) is 0.277. The van der Waals surface area contributed by atoms with Crippen LogP contribution in [0.5, 0.6) is 0 Å². The van der Waals surface area contributed by atoms with Crippen molar-refractivity contribution < 1.29 is 4.79 Å². The van der Waals surface area contributed by atoms with Crippen molar-refractivity contribution in [3.8, 4) is 0 Å².